The van der Waals surface area contributed by atoms with Crippen LogP contribution in [0.1, 0.15) is 18.9 Å². The highest BCUT2D eigenvalue weighted by Crippen LogP contribution is 2.22. The largest absolute Gasteiger partial charge is 0.338 e. The summed E-state index contributed by atoms with van der Waals surface area (Å²) in [6.07, 6.45) is 0.295. The van der Waals surface area contributed by atoms with Gasteiger partial charge in [0.25, 0.3) is 5.69 Å². The van der Waals surface area contributed by atoms with Crippen molar-refractivity contribution in [1.29, 1.82) is 0 Å². The van der Waals surface area contributed by atoms with E-state index in [1.54, 1.807) is 17.9 Å². The van der Waals surface area contributed by atoms with Crippen molar-refractivity contribution in [3.63, 3.8) is 0 Å². The molecule has 0 bridgehead atoms. The maximum absolute atomic E-state index is 12.2. The maximum Gasteiger partial charge on any atom is 0.317 e. The van der Waals surface area contributed by atoms with Crippen LogP contribution in [0.15, 0.2) is 18.2 Å². The molecule has 1 fully saturated rings. The molecule has 0 radical (unpaired) electrons. The Morgan fingerprint density at radius 2 is 1.92 bits per heavy atom. The van der Waals surface area contributed by atoms with Crippen LogP contribution >= 0.6 is 0 Å². The molecule has 0 atom stereocenters. The van der Waals surface area contributed by atoms with E-state index in [9.17, 15) is 19.7 Å². The number of nitro groups is 1. The van der Waals surface area contributed by atoms with E-state index in [0.717, 1.165) is 18.7 Å². The van der Waals surface area contributed by atoms with Gasteiger partial charge in [-0.3, -0.25) is 19.8 Å². The summed E-state index contributed by atoms with van der Waals surface area (Å²) in [6, 6.07) is 4.36. The Bertz CT molecular complexity index is 671. The molecule has 1 aliphatic heterocycles. The summed E-state index contributed by atoms with van der Waals surface area (Å²) in [4.78, 5) is 38.2. The predicted molar refractivity (Wildman–Crippen MR) is 98.2 cm³/mol. The zero-order valence-corrected chi connectivity index (χ0v) is 15.2. The Morgan fingerprint density at radius 1 is 1.23 bits per heavy atom. The van der Waals surface area contributed by atoms with Crippen molar-refractivity contribution in [2.45, 2.75) is 20.3 Å². The number of rotatable bonds is 6. The number of amides is 3. The second-order valence-corrected chi connectivity index (χ2v) is 6.22. The minimum Gasteiger partial charge on any atom is -0.338 e. The predicted octanol–water partition coefficient (Wildman–Crippen LogP) is 1.58. The van der Waals surface area contributed by atoms with E-state index in [2.05, 4.69) is 15.5 Å². The van der Waals surface area contributed by atoms with Crippen LogP contribution in [-0.4, -0.2) is 65.9 Å². The molecule has 0 aliphatic carbocycles. The van der Waals surface area contributed by atoms with E-state index in [-0.39, 0.29) is 17.6 Å². The summed E-state index contributed by atoms with van der Waals surface area (Å²) >= 11 is 0. The van der Waals surface area contributed by atoms with Crippen molar-refractivity contribution < 1.29 is 14.5 Å². The number of carbonyl (C=O) groups is 2. The number of nitrogens with one attached hydrogen (secondary N) is 2. The fourth-order valence-electron chi connectivity index (χ4n) is 2.77. The summed E-state index contributed by atoms with van der Waals surface area (Å²) in [5.74, 6) is -0.181. The number of urea groups is 1. The molecule has 1 saturated heterocycles. The third-order valence-electron chi connectivity index (χ3n) is 4.35. The number of hydrogen-bond donors (Lipinski definition) is 2. The van der Waals surface area contributed by atoms with E-state index in [4.69, 9.17) is 0 Å². The molecular weight excluding hydrogens is 338 g/mol. The number of hydrogen-bond acceptors (Lipinski definition) is 5. The smallest absolute Gasteiger partial charge is 0.317 e. The standard InChI is InChI=1S/C17H25N5O4/c1-3-18-17(24)21-10-8-20(9-11-21)7-6-16(23)19-15-12-14(22(25)26)5-4-13(15)2/h4-5,12H,3,6-11H2,1-2H3,(H,18,24)(H,19,23). The first-order valence-electron chi connectivity index (χ1n) is 8.70. The van der Waals surface area contributed by atoms with Crippen LogP contribution in [0.2, 0.25) is 0 Å². The van der Waals surface area contributed by atoms with Crippen molar-refractivity contribution in [2.24, 2.45) is 0 Å². The van der Waals surface area contributed by atoms with Gasteiger partial charge in [-0.25, -0.2) is 4.79 Å². The molecule has 9 nitrogen and oxygen atoms in total. The monoisotopic (exact) mass is 363 g/mol. The van der Waals surface area contributed by atoms with Crippen LogP contribution in [-0.2, 0) is 4.79 Å². The fraction of sp³-hybridized carbons (Fsp3) is 0.529. The number of nitrogens with zero attached hydrogens (tertiary/aromatic N) is 3. The zero-order chi connectivity index (χ0) is 19.1. The highest BCUT2D eigenvalue weighted by molar-refractivity contribution is 5.92. The number of carbonyl (C=O) groups excluding carboxylic acids is 2. The average molecular weight is 363 g/mol. The van der Waals surface area contributed by atoms with Crippen LogP contribution in [0, 0.1) is 17.0 Å². The number of non-ortho nitro benzene ring substituents is 1. The minimum absolute atomic E-state index is 0.0487. The molecule has 1 aromatic carbocycles. The molecule has 1 aliphatic rings. The van der Waals surface area contributed by atoms with Crippen molar-refractivity contribution in [2.75, 3.05) is 44.6 Å². The molecule has 2 N–H and O–H groups in total. The Labute approximate surface area is 152 Å². The lowest BCUT2D eigenvalue weighted by Crippen LogP contribution is -2.52. The van der Waals surface area contributed by atoms with E-state index in [1.807, 2.05) is 6.92 Å². The van der Waals surface area contributed by atoms with Crippen molar-refractivity contribution in [1.82, 2.24) is 15.1 Å². The van der Waals surface area contributed by atoms with E-state index < -0.39 is 4.92 Å². The lowest BCUT2D eigenvalue weighted by Gasteiger charge is -2.34. The SMILES string of the molecule is CCNC(=O)N1CCN(CCC(=O)Nc2cc([N+](=O)[O-])ccc2C)CC1. The normalized spacial score (nSPS) is 14.8. The molecule has 0 unspecified atom stereocenters. The number of piperazine rings is 1. The first-order valence-corrected chi connectivity index (χ1v) is 8.70. The van der Waals surface area contributed by atoms with Gasteiger partial charge in [-0.15, -0.1) is 0 Å². The van der Waals surface area contributed by atoms with Gasteiger partial charge in [-0.05, 0) is 19.4 Å². The molecule has 142 valence electrons. The lowest BCUT2D eigenvalue weighted by molar-refractivity contribution is -0.384. The average Bonchev–Trinajstić information content (AvgIpc) is 2.62. The number of aryl methyl sites for hydroxylation is 1. The third-order valence-corrected chi connectivity index (χ3v) is 4.35. The van der Waals surface area contributed by atoms with E-state index in [1.165, 1.54) is 12.1 Å². The summed E-state index contributed by atoms with van der Waals surface area (Å²) in [7, 11) is 0. The Hall–Kier alpha value is -2.68. The Kier molecular flexibility index (Phi) is 6.90. The summed E-state index contributed by atoms with van der Waals surface area (Å²) in [6.45, 7) is 7.59. The van der Waals surface area contributed by atoms with Crippen LogP contribution in [0.4, 0.5) is 16.2 Å². The number of nitro benzene ring substituents is 1. The highest BCUT2D eigenvalue weighted by atomic mass is 16.6. The number of benzene rings is 1. The van der Waals surface area contributed by atoms with E-state index in [0.29, 0.717) is 38.3 Å². The van der Waals surface area contributed by atoms with Gasteiger partial charge in [0.05, 0.1) is 10.6 Å². The molecule has 0 saturated carbocycles. The molecule has 26 heavy (non-hydrogen) atoms. The second kappa shape index (κ2) is 9.14. The highest BCUT2D eigenvalue weighted by Gasteiger charge is 2.21. The van der Waals surface area contributed by atoms with Crippen molar-refractivity contribution in [3.05, 3.63) is 33.9 Å². The topological polar surface area (TPSA) is 108 Å². The van der Waals surface area contributed by atoms with Gasteiger partial charge in [0.1, 0.15) is 0 Å². The Balaban J connectivity index is 1.79. The number of anilines is 1. The van der Waals surface area contributed by atoms with Crippen LogP contribution < -0.4 is 10.6 Å². The molecule has 0 spiro atoms. The van der Waals surface area contributed by atoms with Gasteiger partial charge >= 0.3 is 6.03 Å². The molecule has 0 aromatic heterocycles. The van der Waals surface area contributed by atoms with Crippen molar-refractivity contribution >= 4 is 23.3 Å². The minimum atomic E-state index is -0.483. The molecule has 1 heterocycles. The zero-order valence-electron chi connectivity index (χ0n) is 15.2. The summed E-state index contributed by atoms with van der Waals surface area (Å²) in [5, 5.41) is 16.4. The first kappa shape index (κ1) is 19.6. The quantitative estimate of drug-likeness (QED) is 0.589. The molecule has 1 aromatic rings. The maximum atomic E-state index is 12.2. The van der Waals surface area contributed by atoms with E-state index >= 15 is 0 Å². The lowest BCUT2D eigenvalue weighted by atomic mass is 10.1. The van der Waals surface area contributed by atoms with Gasteiger partial charge in [-0.2, -0.15) is 0 Å². The van der Waals surface area contributed by atoms with Gasteiger partial charge in [0.2, 0.25) is 5.91 Å². The van der Waals surface area contributed by atoms with Gasteiger partial charge in [0, 0.05) is 57.8 Å². The first-order chi connectivity index (χ1) is 12.4. The molecular formula is C17H25N5O4. The van der Waals surface area contributed by atoms with Crippen molar-refractivity contribution in [3.8, 4) is 0 Å². The van der Waals surface area contributed by atoms with Crippen LogP contribution in [0.5, 0.6) is 0 Å². The molecule has 2 rings (SSSR count). The van der Waals surface area contributed by atoms with Crippen LogP contribution in [0.3, 0.4) is 0 Å². The van der Waals surface area contributed by atoms with Gasteiger partial charge < -0.3 is 15.5 Å². The molecule has 3 amide bonds. The van der Waals surface area contributed by atoms with Crippen LogP contribution in [0.25, 0.3) is 0 Å². The second-order valence-electron chi connectivity index (χ2n) is 6.22. The Morgan fingerprint density at radius 3 is 2.54 bits per heavy atom. The summed E-state index contributed by atoms with van der Waals surface area (Å²) in [5.41, 5.74) is 1.19. The fourth-order valence-corrected chi connectivity index (χ4v) is 2.77. The summed E-state index contributed by atoms with van der Waals surface area (Å²) < 4.78 is 0. The van der Waals surface area contributed by atoms with Gasteiger partial charge in [0.15, 0.2) is 0 Å². The van der Waals surface area contributed by atoms with Gasteiger partial charge in [-0.1, -0.05) is 6.07 Å². The molecule has 9 heteroatoms. The third kappa shape index (κ3) is 5.41.